The van der Waals surface area contributed by atoms with Crippen LogP contribution in [0.15, 0.2) is 16.6 Å². The first-order valence-corrected chi connectivity index (χ1v) is 4.76. The molecule has 1 aliphatic heterocycles. The number of hydrogen-bond donors (Lipinski definition) is 1. The number of rotatable bonds is 1. The zero-order chi connectivity index (χ0) is 10.1. The Morgan fingerprint density at radius 2 is 2.43 bits per heavy atom. The molecule has 1 heterocycles. The van der Waals surface area contributed by atoms with Crippen molar-refractivity contribution in [1.29, 1.82) is 0 Å². The number of halogens is 1. The van der Waals surface area contributed by atoms with E-state index in [1.807, 2.05) is 0 Å². The molecule has 5 heteroatoms. The lowest BCUT2D eigenvalue weighted by molar-refractivity contribution is -0.127. The van der Waals surface area contributed by atoms with Crippen LogP contribution in [-0.2, 0) is 4.79 Å². The average molecular weight is 257 g/mol. The van der Waals surface area contributed by atoms with Gasteiger partial charge in [-0.2, -0.15) is 0 Å². The molecule has 0 aromatic heterocycles. The van der Waals surface area contributed by atoms with Crippen LogP contribution < -0.4 is 15.2 Å². The first kappa shape index (κ1) is 9.33. The van der Waals surface area contributed by atoms with Crippen molar-refractivity contribution in [2.45, 2.75) is 6.10 Å². The summed E-state index contributed by atoms with van der Waals surface area (Å²) in [4.78, 5) is 10.8. The maximum absolute atomic E-state index is 10.8. The minimum absolute atomic E-state index is 0.151. The predicted octanol–water partition coefficient (Wildman–Crippen LogP) is 0.874. The van der Waals surface area contributed by atoms with Crippen molar-refractivity contribution in [3.63, 3.8) is 0 Å². The van der Waals surface area contributed by atoms with Crippen molar-refractivity contribution in [2.24, 2.45) is 5.73 Å². The highest BCUT2D eigenvalue weighted by Crippen LogP contribution is 2.33. The van der Waals surface area contributed by atoms with Gasteiger partial charge >= 0.3 is 0 Å². The zero-order valence-corrected chi connectivity index (χ0v) is 8.71. The Kier molecular flexibility index (Phi) is 2.33. The molecule has 1 aliphatic rings. The van der Waals surface area contributed by atoms with Gasteiger partial charge in [0.1, 0.15) is 6.61 Å². The summed E-state index contributed by atoms with van der Waals surface area (Å²) < 4.78 is 11.3. The van der Waals surface area contributed by atoms with Gasteiger partial charge in [-0.1, -0.05) is 15.9 Å². The van der Waals surface area contributed by atoms with Crippen molar-refractivity contribution >= 4 is 21.8 Å². The second-order valence-corrected chi connectivity index (χ2v) is 3.68. The van der Waals surface area contributed by atoms with Crippen molar-refractivity contribution in [3.05, 3.63) is 22.7 Å². The third kappa shape index (κ3) is 1.68. The number of ether oxygens (including phenoxy) is 2. The van der Waals surface area contributed by atoms with E-state index in [1.165, 1.54) is 0 Å². The summed E-state index contributed by atoms with van der Waals surface area (Å²) in [6.45, 7) is 0.151. The van der Waals surface area contributed by atoms with Gasteiger partial charge < -0.3 is 15.2 Å². The van der Waals surface area contributed by atoms with E-state index in [4.69, 9.17) is 15.2 Å². The Morgan fingerprint density at radius 1 is 1.64 bits per heavy atom. The molecule has 0 saturated heterocycles. The molecule has 0 fully saturated rings. The molecule has 0 saturated carbocycles. The zero-order valence-electron chi connectivity index (χ0n) is 7.12. The quantitative estimate of drug-likeness (QED) is 0.812. The highest BCUT2D eigenvalue weighted by Gasteiger charge is 2.25. The first-order chi connectivity index (χ1) is 6.66. The lowest BCUT2D eigenvalue weighted by Crippen LogP contribution is -2.40. The Morgan fingerprint density at radius 3 is 3.14 bits per heavy atom. The molecular formula is C9H7BrNO3. The van der Waals surface area contributed by atoms with E-state index < -0.39 is 12.0 Å². The van der Waals surface area contributed by atoms with Gasteiger partial charge in [-0.05, 0) is 12.1 Å². The lowest BCUT2D eigenvalue weighted by atomic mass is 10.2. The molecular weight excluding hydrogens is 250 g/mol. The maximum Gasteiger partial charge on any atom is 0.262 e. The molecule has 14 heavy (non-hydrogen) atoms. The van der Waals surface area contributed by atoms with Crippen molar-refractivity contribution in [1.82, 2.24) is 0 Å². The minimum atomic E-state index is -0.711. The number of amides is 1. The van der Waals surface area contributed by atoms with Gasteiger partial charge in [-0.25, -0.2) is 0 Å². The molecule has 1 atom stereocenters. The molecule has 1 unspecified atom stereocenters. The Balaban J connectivity index is 2.29. The maximum atomic E-state index is 10.8. The largest absolute Gasteiger partial charge is 0.485 e. The van der Waals surface area contributed by atoms with Crippen molar-refractivity contribution < 1.29 is 14.3 Å². The van der Waals surface area contributed by atoms with Gasteiger partial charge in [0.25, 0.3) is 5.91 Å². The van der Waals surface area contributed by atoms with E-state index in [9.17, 15) is 4.79 Å². The second kappa shape index (κ2) is 3.49. The lowest BCUT2D eigenvalue weighted by Gasteiger charge is -2.24. The second-order valence-electron chi connectivity index (χ2n) is 2.83. The molecule has 2 N–H and O–H groups in total. The number of benzene rings is 1. The van der Waals surface area contributed by atoms with Crippen LogP contribution in [0.5, 0.6) is 11.5 Å². The highest BCUT2D eigenvalue weighted by molar-refractivity contribution is 9.10. The van der Waals surface area contributed by atoms with E-state index in [2.05, 4.69) is 22.0 Å². The summed E-state index contributed by atoms with van der Waals surface area (Å²) in [5.74, 6) is 0.552. The minimum Gasteiger partial charge on any atom is -0.485 e. The average Bonchev–Trinajstić information content (AvgIpc) is 2.16. The van der Waals surface area contributed by atoms with E-state index in [0.29, 0.717) is 11.5 Å². The SMILES string of the molecule is NC(=O)C1COc2c[c]c(Br)cc2O1. The van der Waals surface area contributed by atoms with Crippen LogP contribution in [0.4, 0.5) is 0 Å². The van der Waals surface area contributed by atoms with E-state index in [0.717, 1.165) is 4.47 Å². The predicted molar refractivity (Wildman–Crippen MR) is 52.1 cm³/mol. The molecule has 0 bridgehead atoms. The molecule has 0 aliphatic carbocycles. The van der Waals surface area contributed by atoms with Crippen LogP contribution in [0.3, 0.4) is 0 Å². The number of carbonyl (C=O) groups is 1. The summed E-state index contributed by atoms with van der Waals surface area (Å²) in [5, 5.41) is 0. The van der Waals surface area contributed by atoms with Gasteiger partial charge in [0.15, 0.2) is 11.5 Å². The molecule has 1 aromatic carbocycles. The summed E-state index contributed by atoms with van der Waals surface area (Å²) in [6, 6.07) is 6.23. The van der Waals surface area contributed by atoms with Crippen LogP contribution in [-0.4, -0.2) is 18.6 Å². The first-order valence-electron chi connectivity index (χ1n) is 3.97. The third-order valence-corrected chi connectivity index (χ3v) is 2.28. The van der Waals surface area contributed by atoms with Crippen LogP contribution in [0.25, 0.3) is 0 Å². The number of fused-ring (bicyclic) bond motifs is 1. The number of nitrogens with two attached hydrogens (primary N) is 1. The fourth-order valence-electron chi connectivity index (χ4n) is 1.13. The van der Waals surface area contributed by atoms with Crippen LogP contribution in [0.2, 0.25) is 0 Å². The highest BCUT2D eigenvalue weighted by atomic mass is 79.9. The monoisotopic (exact) mass is 256 g/mol. The Hall–Kier alpha value is -1.23. The topological polar surface area (TPSA) is 61.6 Å². The molecule has 2 rings (SSSR count). The van der Waals surface area contributed by atoms with Gasteiger partial charge in [-0.15, -0.1) is 0 Å². The molecule has 1 amide bonds. The third-order valence-electron chi connectivity index (χ3n) is 1.82. The van der Waals surface area contributed by atoms with Crippen LogP contribution in [0.1, 0.15) is 0 Å². The molecule has 0 spiro atoms. The molecule has 1 aromatic rings. The summed E-state index contributed by atoms with van der Waals surface area (Å²) in [6.07, 6.45) is -0.711. The van der Waals surface area contributed by atoms with Crippen LogP contribution >= 0.6 is 15.9 Å². The van der Waals surface area contributed by atoms with Crippen molar-refractivity contribution in [3.8, 4) is 11.5 Å². The Labute approximate surface area is 89.1 Å². The number of hydrogen-bond acceptors (Lipinski definition) is 3. The van der Waals surface area contributed by atoms with Gasteiger partial charge in [0.2, 0.25) is 6.10 Å². The van der Waals surface area contributed by atoms with Gasteiger partial charge in [-0.3, -0.25) is 4.79 Å². The summed E-state index contributed by atoms with van der Waals surface area (Å²) in [7, 11) is 0. The normalized spacial score (nSPS) is 19.1. The van der Waals surface area contributed by atoms with E-state index >= 15 is 0 Å². The van der Waals surface area contributed by atoms with Crippen molar-refractivity contribution in [2.75, 3.05) is 6.61 Å². The van der Waals surface area contributed by atoms with Gasteiger partial charge in [0.05, 0.1) is 0 Å². The van der Waals surface area contributed by atoms with Crippen LogP contribution in [0, 0.1) is 6.07 Å². The summed E-state index contributed by atoms with van der Waals surface area (Å²) in [5.41, 5.74) is 5.10. The fourth-order valence-corrected chi connectivity index (χ4v) is 1.45. The molecule has 4 nitrogen and oxygen atoms in total. The fraction of sp³-hybridized carbons (Fsp3) is 0.222. The number of primary amides is 1. The molecule has 73 valence electrons. The van der Waals surface area contributed by atoms with E-state index in [1.54, 1.807) is 12.1 Å². The number of carbonyl (C=O) groups excluding carboxylic acids is 1. The van der Waals surface area contributed by atoms with Gasteiger partial charge in [0, 0.05) is 10.5 Å². The smallest absolute Gasteiger partial charge is 0.262 e. The Bertz CT molecular complexity index is 380. The molecule has 1 radical (unpaired) electrons. The summed E-state index contributed by atoms with van der Waals surface area (Å²) >= 11 is 3.24. The standard InChI is InChI=1S/C9H7BrNO3/c10-5-1-2-6-7(3-5)14-8(4-13-6)9(11)12/h2-3,8H,4H2,(H2,11,12). The van der Waals surface area contributed by atoms with E-state index in [-0.39, 0.29) is 6.61 Å².